The van der Waals surface area contributed by atoms with E-state index in [9.17, 15) is 14.4 Å². The number of rotatable bonds is 8. The van der Waals surface area contributed by atoms with Crippen molar-refractivity contribution in [3.63, 3.8) is 0 Å². The van der Waals surface area contributed by atoms with Crippen molar-refractivity contribution in [3.8, 4) is 11.1 Å². The van der Waals surface area contributed by atoms with Crippen LogP contribution in [0.1, 0.15) is 49.1 Å². The first kappa shape index (κ1) is 22.4. The molecular formula is C27H30N2O5. The zero-order valence-corrected chi connectivity index (χ0v) is 19.1. The van der Waals surface area contributed by atoms with Gasteiger partial charge >= 0.3 is 12.1 Å². The quantitative estimate of drug-likeness (QED) is 0.618. The van der Waals surface area contributed by atoms with E-state index in [1.165, 1.54) is 22.3 Å². The van der Waals surface area contributed by atoms with E-state index in [0.29, 0.717) is 19.5 Å². The summed E-state index contributed by atoms with van der Waals surface area (Å²) in [4.78, 5) is 38.0. The van der Waals surface area contributed by atoms with E-state index in [1.54, 1.807) is 0 Å². The van der Waals surface area contributed by atoms with Gasteiger partial charge in [-0.2, -0.15) is 0 Å². The van der Waals surface area contributed by atoms with Gasteiger partial charge in [-0.3, -0.25) is 9.59 Å². The minimum absolute atomic E-state index is 0.0197. The Kier molecular flexibility index (Phi) is 6.26. The molecule has 2 aromatic rings. The van der Waals surface area contributed by atoms with E-state index in [0.717, 1.165) is 19.3 Å². The second-order valence-corrected chi connectivity index (χ2v) is 9.57. The van der Waals surface area contributed by atoms with Crippen LogP contribution in [0.25, 0.3) is 11.1 Å². The summed E-state index contributed by atoms with van der Waals surface area (Å²) in [6.45, 7) is 1.39. The molecule has 1 aliphatic heterocycles. The number of ether oxygens (including phenoxy) is 1. The second kappa shape index (κ2) is 9.49. The van der Waals surface area contributed by atoms with Crippen LogP contribution < -0.4 is 5.32 Å². The van der Waals surface area contributed by atoms with Crippen molar-refractivity contribution in [3.05, 3.63) is 59.7 Å². The summed E-state index contributed by atoms with van der Waals surface area (Å²) in [6.07, 6.45) is 2.69. The van der Waals surface area contributed by atoms with Gasteiger partial charge in [-0.25, -0.2) is 4.79 Å². The highest BCUT2D eigenvalue weighted by Gasteiger charge is 2.46. The molecule has 3 aliphatic rings. The third-order valence-electron chi connectivity index (χ3n) is 7.44. The van der Waals surface area contributed by atoms with Gasteiger partial charge in [-0.05, 0) is 53.9 Å². The third kappa shape index (κ3) is 4.52. The molecule has 7 heteroatoms. The van der Waals surface area contributed by atoms with Crippen LogP contribution in [-0.4, -0.2) is 53.7 Å². The summed E-state index contributed by atoms with van der Waals surface area (Å²) in [7, 11) is 0. The molecule has 0 aromatic heterocycles. The lowest BCUT2D eigenvalue weighted by Crippen LogP contribution is -2.38. The van der Waals surface area contributed by atoms with Gasteiger partial charge in [0.05, 0.1) is 0 Å². The Hall–Kier alpha value is -3.35. The molecule has 2 amide bonds. The molecule has 0 spiro atoms. The van der Waals surface area contributed by atoms with Gasteiger partial charge in [0.25, 0.3) is 0 Å². The predicted molar refractivity (Wildman–Crippen MR) is 126 cm³/mol. The first-order chi connectivity index (χ1) is 16.5. The number of carbonyl (C=O) groups is 3. The number of hydrogen-bond acceptors (Lipinski definition) is 4. The first-order valence-corrected chi connectivity index (χ1v) is 12.1. The molecule has 1 saturated heterocycles. The molecule has 2 fully saturated rings. The van der Waals surface area contributed by atoms with E-state index in [1.807, 2.05) is 29.2 Å². The number of nitrogens with one attached hydrogen (secondary N) is 1. The fourth-order valence-electron chi connectivity index (χ4n) is 5.57. The number of carbonyl (C=O) groups excluding carboxylic acids is 2. The highest BCUT2D eigenvalue weighted by molar-refractivity contribution is 5.82. The predicted octanol–water partition coefficient (Wildman–Crippen LogP) is 4.02. The highest BCUT2D eigenvalue weighted by atomic mass is 16.5. The Morgan fingerprint density at radius 1 is 1.03 bits per heavy atom. The molecule has 1 heterocycles. The number of carboxylic acid groups (broad SMARTS) is 1. The number of alkyl carbamates (subject to hydrolysis) is 1. The van der Waals surface area contributed by atoms with E-state index < -0.39 is 12.1 Å². The molecule has 1 saturated carbocycles. The molecule has 1 unspecified atom stereocenters. The maximum absolute atomic E-state index is 12.9. The van der Waals surface area contributed by atoms with E-state index in [4.69, 9.17) is 9.84 Å². The SMILES string of the molecule is O=C(O)CCC1CCCN1C(=O)[C@@H]1C[C@@H]1CNC(=O)OCC1c2ccccc2-c2ccccc21. The maximum atomic E-state index is 12.9. The summed E-state index contributed by atoms with van der Waals surface area (Å²) in [6, 6.07) is 16.5. The van der Waals surface area contributed by atoms with Crippen LogP contribution in [0.5, 0.6) is 0 Å². The Bertz CT molecular complexity index is 1050. The number of benzene rings is 2. The molecule has 7 nitrogen and oxygen atoms in total. The molecule has 5 rings (SSSR count). The standard InChI is InChI=1S/C27H30N2O5/c30-25(31)12-11-18-6-5-13-29(18)26(32)23-14-17(23)15-28-27(33)34-16-24-21-9-3-1-7-19(21)20-8-2-4-10-22(20)24/h1-4,7-10,17-18,23-24H,5-6,11-16H2,(H,28,33)(H,30,31)/t17-,18?,23-/m1/s1. The fraction of sp³-hybridized carbons (Fsp3) is 0.444. The van der Waals surface area contributed by atoms with E-state index >= 15 is 0 Å². The minimum atomic E-state index is -0.823. The lowest BCUT2D eigenvalue weighted by Gasteiger charge is -2.24. The summed E-state index contributed by atoms with van der Waals surface area (Å²) >= 11 is 0. The Labute approximate surface area is 199 Å². The van der Waals surface area contributed by atoms with Crippen molar-refractivity contribution in [2.24, 2.45) is 11.8 Å². The molecular weight excluding hydrogens is 432 g/mol. The van der Waals surface area contributed by atoms with Gasteiger partial charge in [0.2, 0.25) is 5.91 Å². The van der Waals surface area contributed by atoms with Crippen LogP contribution in [0.4, 0.5) is 4.79 Å². The average molecular weight is 463 g/mol. The zero-order chi connectivity index (χ0) is 23.7. The number of carboxylic acids is 1. The van der Waals surface area contributed by atoms with Crippen LogP contribution in [0.15, 0.2) is 48.5 Å². The maximum Gasteiger partial charge on any atom is 0.407 e. The first-order valence-electron chi connectivity index (χ1n) is 12.1. The second-order valence-electron chi connectivity index (χ2n) is 9.57. The molecule has 2 aromatic carbocycles. The summed E-state index contributed by atoms with van der Waals surface area (Å²) in [5, 5.41) is 11.8. The monoisotopic (exact) mass is 462 g/mol. The molecule has 178 valence electrons. The van der Waals surface area contributed by atoms with Crippen LogP contribution in [0, 0.1) is 11.8 Å². The van der Waals surface area contributed by atoms with Crippen LogP contribution in [0.3, 0.4) is 0 Å². The van der Waals surface area contributed by atoms with Crippen molar-refractivity contribution in [1.29, 1.82) is 0 Å². The van der Waals surface area contributed by atoms with Crippen molar-refractivity contribution in [1.82, 2.24) is 10.2 Å². The lowest BCUT2D eigenvalue weighted by molar-refractivity contribution is -0.139. The van der Waals surface area contributed by atoms with Crippen molar-refractivity contribution in [2.75, 3.05) is 19.7 Å². The molecule has 0 bridgehead atoms. The number of nitrogens with zero attached hydrogens (tertiary/aromatic N) is 1. The minimum Gasteiger partial charge on any atom is -0.481 e. The molecule has 34 heavy (non-hydrogen) atoms. The van der Waals surface area contributed by atoms with E-state index in [-0.39, 0.29) is 42.7 Å². The lowest BCUT2D eigenvalue weighted by atomic mass is 9.98. The van der Waals surface area contributed by atoms with Gasteiger partial charge in [0.1, 0.15) is 6.61 Å². The summed E-state index contributed by atoms with van der Waals surface area (Å²) in [5.41, 5.74) is 4.73. The number of hydrogen-bond donors (Lipinski definition) is 2. The van der Waals surface area contributed by atoms with Crippen molar-refractivity contribution < 1.29 is 24.2 Å². The number of aliphatic carboxylic acids is 1. The molecule has 2 N–H and O–H groups in total. The Balaban J connectivity index is 1.09. The Morgan fingerprint density at radius 2 is 1.71 bits per heavy atom. The average Bonchev–Trinajstić information content (AvgIpc) is 3.34. The smallest absolute Gasteiger partial charge is 0.407 e. The van der Waals surface area contributed by atoms with Crippen LogP contribution in [-0.2, 0) is 14.3 Å². The topological polar surface area (TPSA) is 95.9 Å². The Morgan fingerprint density at radius 3 is 2.38 bits per heavy atom. The highest BCUT2D eigenvalue weighted by Crippen LogP contribution is 2.44. The molecule has 2 aliphatic carbocycles. The summed E-state index contributed by atoms with van der Waals surface area (Å²) < 4.78 is 5.58. The number of fused-ring (bicyclic) bond motifs is 3. The van der Waals surface area contributed by atoms with Crippen molar-refractivity contribution in [2.45, 2.75) is 44.1 Å². The molecule has 3 atom stereocenters. The van der Waals surface area contributed by atoms with Gasteiger partial charge in [-0.1, -0.05) is 48.5 Å². The van der Waals surface area contributed by atoms with Crippen molar-refractivity contribution >= 4 is 18.0 Å². The summed E-state index contributed by atoms with van der Waals surface area (Å²) in [5.74, 6) is -0.664. The largest absolute Gasteiger partial charge is 0.481 e. The van der Waals surface area contributed by atoms with Gasteiger partial charge < -0.3 is 20.1 Å². The molecule has 0 radical (unpaired) electrons. The van der Waals surface area contributed by atoms with Crippen LogP contribution >= 0.6 is 0 Å². The van der Waals surface area contributed by atoms with Gasteiger partial charge in [0.15, 0.2) is 0 Å². The van der Waals surface area contributed by atoms with E-state index in [2.05, 4.69) is 29.6 Å². The third-order valence-corrected chi connectivity index (χ3v) is 7.44. The zero-order valence-electron chi connectivity index (χ0n) is 19.1. The number of amides is 2. The fourth-order valence-corrected chi connectivity index (χ4v) is 5.57. The van der Waals surface area contributed by atoms with Crippen LogP contribution in [0.2, 0.25) is 0 Å². The van der Waals surface area contributed by atoms with Gasteiger partial charge in [0, 0.05) is 37.4 Å². The normalized spacial score (nSPS) is 22.7. The van der Waals surface area contributed by atoms with Gasteiger partial charge in [-0.15, -0.1) is 0 Å². The number of likely N-dealkylation sites (tertiary alicyclic amines) is 1.